The summed E-state index contributed by atoms with van der Waals surface area (Å²) in [6.07, 6.45) is 1.37. The van der Waals surface area contributed by atoms with E-state index in [4.69, 9.17) is 39.2 Å². The molecule has 1 aromatic carbocycles. The summed E-state index contributed by atoms with van der Waals surface area (Å²) in [5.41, 5.74) is 1.17. The van der Waals surface area contributed by atoms with Gasteiger partial charge in [0.1, 0.15) is 0 Å². The maximum Gasteiger partial charge on any atom is 0.258 e. The summed E-state index contributed by atoms with van der Waals surface area (Å²) >= 11 is 17.6. The van der Waals surface area contributed by atoms with Crippen molar-refractivity contribution in [1.29, 1.82) is 0 Å². The number of carbonyl (C=O) groups is 1. The van der Waals surface area contributed by atoms with Gasteiger partial charge in [-0.25, -0.2) is 0 Å². The van der Waals surface area contributed by atoms with Crippen LogP contribution >= 0.6 is 34.8 Å². The van der Waals surface area contributed by atoms with Gasteiger partial charge in [-0.3, -0.25) is 4.79 Å². The molecule has 0 fully saturated rings. The minimum absolute atomic E-state index is 0.0842. The first-order valence-corrected chi connectivity index (χ1v) is 6.54. The molecule has 0 aliphatic rings. The van der Waals surface area contributed by atoms with E-state index in [1.807, 2.05) is 0 Å². The first-order valence-electron chi connectivity index (χ1n) is 5.41. The van der Waals surface area contributed by atoms with Gasteiger partial charge >= 0.3 is 0 Å². The van der Waals surface area contributed by atoms with Crippen LogP contribution in [0.5, 0.6) is 0 Å². The number of amides is 1. The lowest BCUT2D eigenvalue weighted by molar-refractivity contribution is 0.0784. The molecule has 1 amide bonds. The second-order valence-corrected chi connectivity index (χ2v) is 5.26. The first kappa shape index (κ1) is 14.3. The van der Waals surface area contributed by atoms with E-state index in [0.717, 1.165) is 5.56 Å². The van der Waals surface area contributed by atoms with Crippen molar-refractivity contribution in [3.8, 4) is 0 Å². The molecular formula is C13H10Cl3NO2. The Kier molecular flexibility index (Phi) is 4.40. The summed E-state index contributed by atoms with van der Waals surface area (Å²) in [5, 5.41) is 1.15. The number of carbonyl (C=O) groups excluding carboxylic acids is 1. The summed E-state index contributed by atoms with van der Waals surface area (Å²) in [5.74, 6) is -0.227. The molecule has 0 spiro atoms. The van der Waals surface area contributed by atoms with Crippen molar-refractivity contribution in [3.05, 3.63) is 56.9 Å². The third-order valence-corrected chi connectivity index (χ3v) is 3.27. The van der Waals surface area contributed by atoms with Gasteiger partial charge in [-0.05, 0) is 41.4 Å². The van der Waals surface area contributed by atoms with E-state index in [1.54, 1.807) is 25.2 Å². The van der Waals surface area contributed by atoms with E-state index < -0.39 is 0 Å². The van der Waals surface area contributed by atoms with Crippen molar-refractivity contribution in [3.63, 3.8) is 0 Å². The minimum Gasteiger partial charge on any atom is -0.452 e. The average Bonchev–Trinajstić information content (AvgIpc) is 2.73. The van der Waals surface area contributed by atoms with Crippen LogP contribution in [0.1, 0.15) is 15.9 Å². The van der Waals surface area contributed by atoms with Gasteiger partial charge in [0.25, 0.3) is 5.91 Å². The molecule has 19 heavy (non-hydrogen) atoms. The lowest BCUT2D eigenvalue weighted by Gasteiger charge is -2.17. The Bertz CT molecular complexity index is 589. The van der Waals surface area contributed by atoms with Gasteiger partial charge in [0.2, 0.25) is 5.22 Å². The fraction of sp³-hybridized carbons (Fsp3) is 0.154. The van der Waals surface area contributed by atoms with Crippen LogP contribution in [-0.4, -0.2) is 17.9 Å². The van der Waals surface area contributed by atoms with Crippen LogP contribution in [0.3, 0.4) is 0 Å². The SMILES string of the molecule is CN(Cc1cc(Cl)cc(Cl)c1)C(=O)c1ccoc1Cl. The van der Waals surface area contributed by atoms with E-state index in [-0.39, 0.29) is 11.1 Å². The Labute approximate surface area is 125 Å². The number of halogens is 3. The van der Waals surface area contributed by atoms with Crippen LogP contribution in [0, 0.1) is 0 Å². The molecule has 0 radical (unpaired) electrons. The molecule has 2 rings (SSSR count). The van der Waals surface area contributed by atoms with Crippen molar-refractivity contribution in [2.24, 2.45) is 0 Å². The van der Waals surface area contributed by atoms with E-state index in [0.29, 0.717) is 22.2 Å². The highest BCUT2D eigenvalue weighted by Crippen LogP contribution is 2.22. The summed E-state index contributed by atoms with van der Waals surface area (Å²) in [4.78, 5) is 13.6. The van der Waals surface area contributed by atoms with Gasteiger partial charge in [-0.15, -0.1) is 0 Å². The zero-order chi connectivity index (χ0) is 14.0. The average molecular weight is 319 g/mol. The number of nitrogens with zero attached hydrogens (tertiary/aromatic N) is 1. The maximum absolute atomic E-state index is 12.1. The van der Waals surface area contributed by atoms with Crippen LogP contribution in [0.15, 0.2) is 34.9 Å². The van der Waals surface area contributed by atoms with Crippen molar-refractivity contribution >= 4 is 40.7 Å². The highest BCUT2D eigenvalue weighted by Gasteiger charge is 2.17. The fourth-order valence-electron chi connectivity index (χ4n) is 1.70. The summed E-state index contributed by atoms with van der Waals surface area (Å²) in [7, 11) is 1.67. The van der Waals surface area contributed by atoms with Gasteiger partial charge in [-0.2, -0.15) is 0 Å². The highest BCUT2D eigenvalue weighted by atomic mass is 35.5. The molecule has 0 saturated carbocycles. The molecule has 1 heterocycles. The molecule has 0 atom stereocenters. The van der Waals surface area contributed by atoms with E-state index in [2.05, 4.69) is 0 Å². The van der Waals surface area contributed by atoms with E-state index in [9.17, 15) is 4.79 Å². The normalized spacial score (nSPS) is 10.5. The molecule has 0 aliphatic carbocycles. The van der Waals surface area contributed by atoms with Crippen LogP contribution < -0.4 is 0 Å². The first-order chi connectivity index (χ1) is 8.97. The van der Waals surface area contributed by atoms with Crippen LogP contribution in [0.25, 0.3) is 0 Å². The van der Waals surface area contributed by atoms with Crippen LogP contribution in [-0.2, 0) is 6.54 Å². The molecule has 6 heteroatoms. The third-order valence-electron chi connectivity index (χ3n) is 2.54. The molecule has 0 unspecified atom stereocenters. The number of furan rings is 1. The van der Waals surface area contributed by atoms with Crippen molar-refractivity contribution in [2.45, 2.75) is 6.54 Å². The molecule has 0 aliphatic heterocycles. The Morgan fingerprint density at radius 2 is 1.84 bits per heavy atom. The molecule has 0 saturated heterocycles. The maximum atomic E-state index is 12.1. The predicted octanol–water partition coefficient (Wildman–Crippen LogP) is 4.51. The number of rotatable bonds is 3. The predicted molar refractivity (Wildman–Crippen MR) is 76.0 cm³/mol. The number of hydrogen-bond acceptors (Lipinski definition) is 2. The Morgan fingerprint density at radius 1 is 1.21 bits per heavy atom. The second kappa shape index (κ2) is 5.87. The molecule has 0 bridgehead atoms. The quantitative estimate of drug-likeness (QED) is 0.834. The smallest absolute Gasteiger partial charge is 0.258 e. The summed E-state index contributed by atoms with van der Waals surface area (Å²) in [6, 6.07) is 6.69. The van der Waals surface area contributed by atoms with Gasteiger partial charge in [0.15, 0.2) is 0 Å². The fourth-order valence-corrected chi connectivity index (χ4v) is 2.47. The molecule has 3 nitrogen and oxygen atoms in total. The number of hydrogen-bond donors (Lipinski definition) is 0. The molecule has 2 aromatic rings. The standard InChI is InChI=1S/C13H10Cl3NO2/c1-17(13(18)11-2-3-19-12(11)16)7-8-4-9(14)6-10(15)5-8/h2-6H,7H2,1H3. The molecule has 100 valence electrons. The monoisotopic (exact) mass is 317 g/mol. The third kappa shape index (κ3) is 3.44. The number of benzene rings is 1. The second-order valence-electron chi connectivity index (χ2n) is 4.05. The Balaban J connectivity index is 2.15. The molecule has 1 aromatic heterocycles. The van der Waals surface area contributed by atoms with E-state index >= 15 is 0 Å². The zero-order valence-electron chi connectivity index (χ0n) is 9.99. The highest BCUT2D eigenvalue weighted by molar-refractivity contribution is 6.34. The van der Waals surface area contributed by atoms with Gasteiger partial charge < -0.3 is 9.32 Å². The van der Waals surface area contributed by atoms with E-state index in [1.165, 1.54) is 17.2 Å². The van der Waals surface area contributed by atoms with Gasteiger partial charge in [0.05, 0.1) is 11.8 Å². The summed E-state index contributed by atoms with van der Waals surface area (Å²) < 4.78 is 4.90. The minimum atomic E-state index is -0.227. The Hall–Kier alpha value is -1.16. The van der Waals surface area contributed by atoms with Crippen LogP contribution in [0.4, 0.5) is 0 Å². The van der Waals surface area contributed by atoms with Crippen LogP contribution in [0.2, 0.25) is 15.3 Å². The van der Waals surface area contributed by atoms with Gasteiger partial charge in [0, 0.05) is 23.6 Å². The summed E-state index contributed by atoms with van der Waals surface area (Å²) in [6.45, 7) is 0.376. The topological polar surface area (TPSA) is 33.5 Å². The molecule has 0 N–H and O–H groups in total. The Morgan fingerprint density at radius 3 is 2.37 bits per heavy atom. The van der Waals surface area contributed by atoms with Gasteiger partial charge in [-0.1, -0.05) is 23.2 Å². The van der Waals surface area contributed by atoms with Crippen molar-refractivity contribution in [1.82, 2.24) is 4.90 Å². The largest absolute Gasteiger partial charge is 0.452 e. The van der Waals surface area contributed by atoms with Crippen molar-refractivity contribution in [2.75, 3.05) is 7.05 Å². The molecular weight excluding hydrogens is 309 g/mol. The lowest BCUT2D eigenvalue weighted by atomic mass is 10.2. The lowest BCUT2D eigenvalue weighted by Crippen LogP contribution is -2.26. The zero-order valence-corrected chi connectivity index (χ0v) is 12.3. The van der Waals surface area contributed by atoms with Crippen molar-refractivity contribution < 1.29 is 9.21 Å².